The predicted octanol–water partition coefficient (Wildman–Crippen LogP) is 2.96. The Morgan fingerprint density at radius 3 is 2.84 bits per heavy atom. The lowest BCUT2D eigenvalue weighted by molar-refractivity contribution is 0.114. The second-order valence-electron chi connectivity index (χ2n) is 7.19. The fraction of sp³-hybridized carbons (Fsp3) is 0.421. The maximum absolute atomic E-state index is 12.1. The molecule has 3 aliphatic heterocycles. The fourth-order valence-corrected chi connectivity index (χ4v) is 4.89. The third-order valence-corrected chi connectivity index (χ3v) is 6.23. The molecule has 3 aliphatic rings. The van der Waals surface area contributed by atoms with Crippen molar-refractivity contribution in [3.8, 4) is 11.5 Å². The first-order chi connectivity index (χ1) is 12.2. The molecule has 0 spiro atoms. The number of likely N-dealkylation sites (tertiary alicyclic amines) is 1. The van der Waals surface area contributed by atoms with Crippen LogP contribution in [0.15, 0.2) is 39.6 Å². The van der Waals surface area contributed by atoms with Crippen LogP contribution in [0.1, 0.15) is 23.6 Å². The number of hydrogen-bond acceptors (Lipinski definition) is 4. The Morgan fingerprint density at radius 2 is 1.96 bits per heavy atom. The van der Waals surface area contributed by atoms with E-state index in [0.717, 1.165) is 42.2 Å². The van der Waals surface area contributed by atoms with Crippen LogP contribution in [0.5, 0.6) is 11.5 Å². The number of halogens is 1. The van der Waals surface area contributed by atoms with Gasteiger partial charge in [0.15, 0.2) is 11.5 Å². The van der Waals surface area contributed by atoms with Crippen molar-refractivity contribution in [1.82, 2.24) is 9.47 Å². The van der Waals surface area contributed by atoms with Crippen LogP contribution in [0.25, 0.3) is 0 Å². The molecule has 2 aromatic rings. The van der Waals surface area contributed by atoms with E-state index in [1.807, 2.05) is 16.7 Å². The Morgan fingerprint density at radius 1 is 1.12 bits per heavy atom. The van der Waals surface area contributed by atoms with Gasteiger partial charge in [-0.1, -0.05) is 22.0 Å². The summed E-state index contributed by atoms with van der Waals surface area (Å²) in [6.07, 6.45) is 1.18. The van der Waals surface area contributed by atoms with E-state index in [1.54, 1.807) is 6.07 Å². The van der Waals surface area contributed by atoms with Gasteiger partial charge in [-0.2, -0.15) is 0 Å². The van der Waals surface area contributed by atoms with E-state index in [2.05, 4.69) is 33.0 Å². The molecule has 4 heterocycles. The van der Waals surface area contributed by atoms with Gasteiger partial charge in [0.1, 0.15) is 0 Å². The van der Waals surface area contributed by atoms with Crippen LogP contribution < -0.4 is 15.0 Å². The molecule has 5 rings (SSSR count). The molecule has 0 saturated carbocycles. The molecule has 0 amide bonds. The molecule has 1 aromatic carbocycles. The number of aromatic nitrogens is 1. The Balaban J connectivity index is 1.40. The number of ether oxygens (including phenoxy) is 2. The van der Waals surface area contributed by atoms with E-state index >= 15 is 0 Å². The average Bonchev–Trinajstić information content (AvgIpc) is 3.03. The first-order valence-corrected chi connectivity index (χ1v) is 9.47. The molecule has 0 unspecified atom stereocenters. The molecule has 1 aromatic heterocycles. The van der Waals surface area contributed by atoms with Crippen LogP contribution >= 0.6 is 15.9 Å². The van der Waals surface area contributed by atoms with Gasteiger partial charge in [0.25, 0.3) is 5.56 Å². The van der Waals surface area contributed by atoms with Crippen molar-refractivity contribution in [3.05, 3.63) is 56.4 Å². The lowest BCUT2D eigenvalue weighted by atomic mass is 9.83. The normalized spacial score (nSPS) is 24.2. The molecule has 0 N–H and O–H groups in total. The molecule has 0 radical (unpaired) electrons. The summed E-state index contributed by atoms with van der Waals surface area (Å²) in [4.78, 5) is 14.6. The summed E-state index contributed by atoms with van der Waals surface area (Å²) < 4.78 is 14.0. The highest BCUT2D eigenvalue weighted by Gasteiger charge is 2.34. The maximum atomic E-state index is 12.1. The largest absolute Gasteiger partial charge is 0.454 e. The zero-order valence-corrected chi connectivity index (χ0v) is 15.4. The van der Waals surface area contributed by atoms with Gasteiger partial charge in [-0.25, -0.2) is 0 Å². The summed E-state index contributed by atoms with van der Waals surface area (Å²) in [5.74, 6) is 2.61. The smallest absolute Gasteiger partial charge is 0.250 e. The molecular weight excluding hydrogens is 384 g/mol. The Hall–Kier alpha value is -1.79. The molecule has 6 heteroatoms. The highest BCUT2D eigenvalue weighted by molar-refractivity contribution is 9.10. The van der Waals surface area contributed by atoms with E-state index in [0.29, 0.717) is 18.6 Å². The van der Waals surface area contributed by atoms with E-state index in [1.165, 1.54) is 17.7 Å². The van der Waals surface area contributed by atoms with Crippen LogP contribution in [0.2, 0.25) is 0 Å². The third-order valence-electron chi connectivity index (χ3n) is 5.49. The molecule has 2 atom stereocenters. The summed E-state index contributed by atoms with van der Waals surface area (Å²) in [7, 11) is 0. The van der Waals surface area contributed by atoms with Gasteiger partial charge in [0.05, 0.1) is 0 Å². The monoisotopic (exact) mass is 402 g/mol. The molecule has 5 nitrogen and oxygen atoms in total. The standard InChI is InChI=1S/C19H19BrN2O3/c20-15-6-18-17(24-11-25-18)5-13(15)9-21-7-12-4-14(10-21)16-2-1-3-19(23)22(16)8-12/h1-3,5-6,12,14H,4,7-11H2/t12-,14+/m0/s1. The number of rotatable bonds is 2. The fourth-order valence-electron chi connectivity index (χ4n) is 4.45. The average molecular weight is 403 g/mol. The lowest BCUT2D eigenvalue weighted by Crippen LogP contribution is -2.46. The molecule has 2 bridgehead atoms. The zero-order valence-electron chi connectivity index (χ0n) is 13.8. The Labute approximate surface area is 154 Å². The number of piperidine rings is 1. The summed E-state index contributed by atoms with van der Waals surface area (Å²) in [5.41, 5.74) is 2.55. The van der Waals surface area contributed by atoms with Crippen LogP contribution in [0, 0.1) is 5.92 Å². The molecule has 130 valence electrons. The topological polar surface area (TPSA) is 43.7 Å². The quantitative estimate of drug-likeness (QED) is 0.774. The first kappa shape index (κ1) is 15.5. The second kappa shape index (κ2) is 5.88. The molecule has 1 saturated heterocycles. The van der Waals surface area contributed by atoms with Gasteiger partial charge in [0.2, 0.25) is 6.79 Å². The SMILES string of the molecule is O=c1cccc2n1C[C@H]1C[C@@H]2CN(Cc2cc3c(cc2Br)OCO3)C1. The number of nitrogens with zero attached hydrogens (tertiary/aromatic N) is 2. The van der Waals surface area contributed by atoms with Crippen molar-refractivity contribution in [2.75, 3.05) is 19.9 Å². The predicted molar refractivity (Wildman–Crippen MR) is 97.1 cm³/mol. The second-order valence-corrected chi connectivity index (χ2v) is 8.04. The summed E-state index contributed by atoms with van der Waals surface area (Å²) in [6, 6.07) is 9.75. The Kier molecular flexibility index (Phi) is 3.64. The van der Waals surface area contributed by atoms with Crippen LogP contribution in [0.4, 0.5) is 0 Å². The van der Waals surface area contributed by atoms with Gasteiger partial charge in [0, 0.05) is 48.3 Å². The highest BCUT2D eigenvalue weighted by Crippen LogP contribution is 2.39. The van der Waals surface area contributed by atoms with Gasteiger partial charge < -0.3 is 14.0 Å². The van der Waals surface area contributed by atoms with E-state index < -0.39 is 0 Å². The van der Waals surface area contributed by atoms with Crippen molar-refractivity contribution in [1.29, 1.82) is 0 Å². The van der Waals surface area contributed by atoms with E-state index in [9.17, 15) is 4.79 Å². The zero-order chi connectivity index (χ0) is 17.0. The number of pyridine rings is 1. The summed E-state index contributed by atoms with van der Waals surface area (Å²) in [5, 5.41) is 0. The van der Waals surface area contributed by atoms with E-state index in [4.69, 9.17) is 9.47 Å². The van der Waals surface area contributed by atoms with Crippen molar-refractivity contribution in [3.63, 3.8) is 0 Å². The maximum Gasteiger partial charge on any atom is 0.250 e. The van der Waals surface area contributed by atoms with Crippen LogP contribution in [-0.4, -0.2) is 29.3 Å². The van der Waals surface area contributed by atoms with Crippen molar-refractivity contribution in [2.45, 2.75) is 25.4 Å². The highest BCUT2D eigenvalue weighted by atomic mass is 79.9. The first-order valence-electron chi connectivity index (χ1n) is 8.67. The van der Waals surface area contributed by atoms with Crippen molar-refractivity contribution >= 4 is 15.9 Å². The number of fused-ring (bicyclic) bond motifs is 5. The van der Waals surface area contributed by atoms with Crippen molar-refractivity contribution < 1.29 is 9.47 Å². The molecule has 25 heavy (non-hydrogen) atoms. The molecule has 1 fully saturated rings. The van der Waals surface area contributed by atoms with Crippen molar-refractivity contribution in [2.24, 2.45) is 5.92 Å². The molecule has 0 aliphatic carbocycles. The minimum Gasteiger partial charge on any atom is -0.454 e. The molecular formula is C19H19BrN2O3. The lowest BCUT2D eigenvalue weighted by Gasteiger charge is -2.42. The third kappa shape index (κ3) is 2.68. The van der Waals surface area contributed by atoms with Crippen LogP contribution in [0.3, 0.4) is 0 Å². The van der Waals surface area contributed by atoms with Gasteiger partial charge in [-0.3, -0.25) is 9.69 Å². The van der Waals surface area contributed by atoms with Gasteiger partial charge in [-0.05, 0) is 36.1 Å². The number of benzene rings is 1. The Bertz CT molecular complexity index is 895. The minimum absolute atomic E-state index is 0.138. The minimum atomic E-state index is 0.138. The summed E-state index contributed by atoms with van der Waals surface area (Å²) >= 11 is 3.67. The van der Waals surface area contributed by atoms with Gasteiger partial charge in [-0.15, -0.1) is 0 Å². The number of hydrogen-bond donors (Lipinski definition) is 0. The summed E-state index contributed by atoms with van der Waals surface area (Å²) in [6.45, 7) is 4.02. The van der Waals surface area contributed by atoms with E-state index in [-0.39, 0.29) is 5.56 Å². The van der Waals surface area contributed by atoms with Gasteiger partial charge >= 0.3 is 0 Å². The van der Waals surface area contributed by atoms with Crippen LogP contribution in [-0.2, 0) is 13.1 Å².